The molecule has 212 valence electrons. The number of carbonyl (C=O) groups excluding carboxylic acids is 1. The first-order valence-corrected chi connectivity index (χ1v) is 14.5. The van der Waals surface area contributed by atoms with E-state index in [9.17, 15) is 4.79 Å². The standard InChI is InChI=1S/C32H42N6O2/c1-21-13-14-24(17-25(21)18-26-19-33-35-38(26)20-23-11-9-7-8-10-12-23)29(32(3,4)31(39)40-6)27-15-16-28-30(22(27)2)34-36-37(28)5/h13-17,19,23,29H,7-12,18,20H2,1-6H3. The van der Waals surface area contributed by atoms with Gasteiger partial charge in [0.05, 0.1) is 29.9 Å². The van der Waals surface area contributed by atoms with Crippen LogP contribution in [0.15, 0.2) is 36.5 Å². The summed E-state index contributed by atoms with van der Waals surface area (Å²) in [5.74, 6) is 0.184. The van der Waals surface area contributed by atoms with Crippen LogP contribution in [0, 0.1) is 25.2 Å². The first-order chi connectivity index (χ1) is 19.2. The fourth-order valence-electron chi connectivity index (χ4n) is 6.54. The van der Waals surface area contributed by atoms with Crippen molar-refractivity contribution in [1.82, 2.24) is 30.0 Å². The number of ether oxygens (including phenoxy) is 1. The van der Waals surface area contributed by atoms with E-state index >= 15 is 0 Å². The van der Waals surface area contributed by atoms with Crippen LogP contribution in [0.3, 0.4) is 0 Å². The second kappa shape index (κ2) is 11.5. The summed E-state index contributed by atoms with van der Waals surface area (Å²) in [6.07, 6.45) is 10.5. The molecule has 8 heteroatoms. The van der Waals surface area contributed by atoms with Gasteiger partial charge in [0, 0.05) is 25.9 Å². The molecule has 2 aromatic carbocycles. The van der Waals surface area contributed by atoms with E-state index in [0.717, 1.165) is 46.4 Å². The summed E-state index contributed by atoms with van der Waals surface area (Å²) < 4.78 is 9.21. The lowest BCUT2D eigenvalue weighted by molar-refractivity contribution is -0.151. The van der Waals surface area contributed by atoms with Crippen LogP contribution in [0.2, 0.25) is 0 Å². The van der Waals surface area contributed by atoms with Gasteiger partial charge in [-0.05, 0) is 80.3 Å². The van der Waals surface area contributed by atoms with E-state index in [2.05, 4.69) is 63.4 Å². The number of fused-ring (bicyclic) bond motifs is 1. The van der Waals surface area contributed by atoms with Crippen molar-refractivity contribution in [3.63, 3.8) is 0 Å². The van der Waals surface area contributed by atoms with Crippen molar-refractivity contribution in [2.45, 2.75) is 85.1 Å². The number of hydrogen-bond acceptors (Lipinski definition) is 6. The van der Waals surface area contributed by atoms with Crippen molar-refractivity contribution >= 4 is 17.0 Å². The molecule has 0 amide bonds. The summed E-state index contributed by atoms with van der Waals surface area (Å²) in [6.45, 7) is 9.09. The van der Waals surface area contributed by atoms with Gasteiger partial charge in [-0.2, -0.15) is 0 Å². The molecule has 0 saturated heterocycles. The fourth-order valence-corrected chi connectivity index (χ4v) is 6.54. The zero-order valence-corrected chi connectivity index (χ0v) is 24.8. The number of rotatable bonds is 8. The van der Waals surface area contributed by atoms with Crippen LogP contribution in [0.25, 0.3) is 11.0 Å². The average molecular weight is 543 g/mol. The summed E-state index contributed by atoms with van der Waals surface area (Å²) in [6, 6.07) is 10.7. The Morgan fingerprint density at radius 1 is 1.07 bits per heavy atom. The maximum atomic E-state index is 13.2. The second-order valence-corrected chi connectivity index (χ2v) is 12.1. The molecule has 0 radical (unpaired) electrons. The topological polar surface area (TPSA) is 87.7 Å². The largest absolute Gasteiger partial charge is 0.469 e. The summed E-state index contributed by atoms with van der Waals surface area (Å²) in [5, 5.41) is 17.4. The van der Waals surface area contributed by atoms with Crippen LogP contribution in [-0.4, -0.2) is 43.1 Å². The van der Waals surface area contributed by atoms with Gasteiger partial charge in [0.2, 0.25) is 0 Å². The Kier molecular flexibility index (Phi) is 8.06. The van der Waals surface area contributed by atoms with Crippen LogP contribution < -0.4 is 0 Å². The highest BCUT2D eigenvalue weighted by Gasteiger charge is 2.41. The molecular weight excluding hydrogens is 500 g/mol. The number of carbonyl (C=O) groups is 1. The summed E-state index contributed by atoms with van der Waals surface area (Å²) >= 11 is 0. The van der Waals surface area contributed by atoms with Gasteiger partial charge in [-0.25, -0.2) is 9.36 Å². The lowest BCUT2D eigenvalue weighted by Crippen LogP contribution is -2.34. The molecule has 1 atom stereocenters. The van der Waals surface area contributed by atoms with Crippen molar-refractivity contribution in [3.8, 4) is 0 Å². The Balaban J connectivity index is 1.53. The van der Waals surface area contributed by atoms with E-state index < -0.39 is 5.41 Å². The Hall–Kier alpha value is -3.55. The van der Waals surface area contributed by atoms with Crippen molar-refractivity contribution in [1.29, 1.82) is 0 Å². The highest BCUT2D eigenvalue weighted by Crippen LogP contribution is 2.44. The van der Waals surface area contributed by atoms with Crippen LogP contribution >= 0.6 is 0 Å². The van der Waals surface area contributed by atoms with Gasteiger partial charge >= 0.3 is 5.97 Å². The minimum absolute atomic E-state index is 0.236. The molecule has 2 aromatic heterocycles. The zero-order chi connectivity index (χ0) is 28.4. The van der Waals surface area contributed by atoms with E-state index in [0.29, 0.717) is 5.92 Å². The molecule has 1 unspecified atom stereocenters. The van der Waals surface area contributed by atoms with E-state index in [-0.39, 0.29) is 11.9 Å². The van der Waals surface area contributed by atoms with E-state index in [4.69, 9.17) is 4.74 Å². The van der Waals surface area contributed by atoms with Crippen LogP contribution in [-0.2, 0) is 29.5 Å². The minimum Gasteiger partial charge on any atom is -0.469 e. The van der Waals surface area contributed by atoms with Gasteiger partial charge in [-0.15, -0.1) is 10.2 Å². The lowest BCUT2D eigenvalue weighted by atomic mass is 9.69. The molecule has 1 aliphatic carbocycles. The number of methoxy groups -OCH3 is 1. The molecule has 1 aliphatic rings. The molecule has 0 bridgehead atoms. The van der Waals surface area contributed by atoms with Gasteiger partial charge < -0.3 is 4.74 Å². The molecule has 0 aliphatic heterocycles. The van der Waals surface area contributed by atoms with Crippen molar-refractivity contribution in [2.24, 2.45) is 18.4 Å². The highest BCUT2D eigenvalue weighted by atomic mass is 16.5. The molecule has 0 spiro atoms. The smallest absolute Gasteiger partial charge is 0.312 e. The van der Waals surface area contributed by atoms with Crippen LogP contribution in [0.1, 0.15) is 91.8 Å². The first-order valence-electron chi connectivity index (χ1n) is 14.5. The molecule has 8 nitrogen and oxygen atoms in total. The summed E-state index contributed by atoms with van der Waals surface area (Å²) in [4.78, 5) is 13.2. The van der Waals surface area contributed by atoms with Gasteiger partial charge in [0.25, 0.3) is 0 Å². The third-order valence-corrected chi connectivity index (χ3v) is 9.01. The number of benzene rings is 2. The number of nitrogens with zero attached hydrogens (tertiary/aromatic N) is 6. The van der Waals surface area contributed by atoms with Crippen LogP contribution in [0.5, 0.6) is 0 Å². The highest BCUT2D eigenvalue weighted by molar-refractivity contribution is 5.82. The SMILES string of the molecule is COC(=O)C(C)(C)C(c1ccc(C)c(Cc2cnnn2CC2CCCCCC2)c1)c1ccc2c(nnn2C)c1C. The molecule has 40 heavy (non-hydrogen) atoms. The quantitative estimate of drug-likeness (QED) is 0.198. The Labute approximate surface area is 237 Å². The van der Waals surface area contributed by atoms with Gasteiger partial charge in [0.15, 0.2) is 0 Å². The molecule has 0 N–H and O–H groups in total. The zero-order valence-electron chi connectivity index (χ0n) is 24.8. The van der Waals surface area contributed by atoms with Gasteiger partial charge in [-0.1, -0.05) is 60.4 Å². The van der Waals surface area contributed by atoms with Gasteiger partial charge in [0.1, 0.15) is 5.52 Å². The van der Waals surface area contributed by atoms with Crippen molar-refractivity contribution in [2.75, 3.05) is 7.11 Å². The van der Waals surface area contributed by atoms with E-state index in [1.165, 1.54) is 56.8 Å². The Morgan fingerprint density at radius 2 is 1.82 bits per heavy atom. The molecule has 5 rings (SSSR count). The average Bonchev–Trinajstić information content (AvgIpc) is 3.44. The molecule has 1 saturated carbocycles. The lowest BCUT2D eigenvalue weighted by Gasteiger charge is -2.34. The van der Waals surface area contributed by atoms with Crippen LogP contribution in [0.4, 0.5) is 0 Å². The number of hydrogen-bond donors (Lipinski definition) is 0. The molecule has 4 aromatic rings. The second-order valence-electron chi connectivity index (χ2n) is 12.1. The number of esters is 1. The Morgan fingerprint density at radius 3 is 2.55 bits per heavy atom. The normalized spacial score (nSPS) is 15.8. The fraction of sp³-hybridized carbons (Fsp3) is 0.531. The van der Waals surface area contributed by atoms with Crippen molar-refractivity contribution in [3.05, 3.63) is 70.0 Å². The monoisotopic (exact) mass is 542 g/mol. The maximum absolute atomic E-state index is 13.2. The summed E-state index contributed by atoms with van der Waals surface area (Å²) in [7, 11) is 3.36. The molecule has 2 heterocycles. The third-order valence-electron chi connectivity index (χ3n) is 9.01. The minimum atomic E-state index is -0.815. The Bertz CT molecular complexity index is 1490. The summed E-state index contributed by atoms with van der Waals surface area (Å²) in [5.41, 5.74) is 7.72. The van der Waals surface area contributed by atoms with Gasteiger partial charge in [-0.3, -0.25) is 4.79 Å². The van der Waals surface area contributed by atoms with E-state index in [1.807, 2.05) is 33.2 Å². The first kappa shape index (κ1) is 28.0. The third kappa shape index (κ3) is 5.40. The predicted octanol–water partition coefficient (Wildman–Crippen LogP) is 6.07. The molecule has 1 fully saturated rings. The van der Waals surface area contributed by atoms with Crippen molar-refractivity contribution < 1.29 is 9.53 Å². The number of aromatic nitrogens is 6. The number of aryl methyl sites for hydroxylation is 3. The van der Waals surface area contributed by atoms with E-state index in [1.54, 1.807) is 4.68 Å². The molecular formula is C32H42N6O2. The predicted molar refractivity (Wildman–Crippen MR) is 156 cm³/mol. The maximum Gasteiger partial charge on any atom is 0.312 e.